The highest BCUT2D eigenvalue weighted by Gasteiger charge is 2.13. The van der Waals surface area contributed by atoms with Gasteiger partial charge in [0.1, 0.15) is 6.04 Å². The van der Waals surface area contributed by atoms with Crippen molar-refractivity contribution in [2.75, 3.05) is 18.0 Å². The van der Waals surface area contributed by atoms with Crippen LogP contribution in [0.4, 0.5) is 5.69 Å². The van der Waals surface area contributed by atoms with Gasteiger partial charge < -0.3 is 4.90 Å². The Hall–Kier alpha value is -1.53. The van der Waals surface area contributed by atoms with Crippen molar-refractivity contribution in [3.63, 3.8) is 0 Å². The number of hydrogen-bond donors (Lipinski definition) is 1. The molecule has 1 N–H and O–H groups in total. The van der Waals surface area contributed by atoms with Crippen LogP contribution < -0.4 is 10.2 Å². The van der Waals surface area contributed by atoms with Crippen LogP contribution in [0.1, 0.15) is 26.3 Å². The summed E-state index contributed by atoms with van der Waals surface area (Å²) >= 11 is 0. The Bertz CT molecular complexity index is 406. The highest BCUT2D eigenvalue weighted by molar-refractivity contribution is 5.48. The van der Waals surface area contributed by atoms with Crippen LogP contribution in [0.25, 0.3) is 0 Å². The number of rotatable bonds is 6. The van der Waals surface area contributed by atoms with Crippen LogP contribution in [0.3, 0.4) is 0 Å². The summed E-state index contributed by atoms with van der Waals surface area (Å²) < 4.78 is 0. The molecule has 3 heteroatoms. The molecular weight excluding hydrogens is 222 g/mol. The predicted octanol–water partition coefficient (Wildman–Crippen LogP) is 2.71. The second-order valence-electron chi connectivity index (χ2n) is 4.88. The van der Waals surface area contributed by atoms with Crippen LogP contribution in [-0.4, -0.2) is 25.2 Å². The van der Waals surface area contributed by atoms with Crippen LogP contribution in [-0.2, 0) is 0 Å². The van der Waals surface area contributed by atoms with E-state index < -0.39 is 0 Å². The van der Waals surface area contributed by atoms with E-state index in [-0.39, 0.29) is 6.04 Å². The first kappa shape index (κ1) is 14.5. The molecule has 1 rings (SSSR count). The Labute approximate surface area is 110 Å². The zero-order valence-corrected chi connectivity index (χ0v) is 11.8. The van der Waals surface area contributed by atoms with E-state index >= 15 is 0 Å². The topological polar surface area (TPSA) is 39.1 Å². The molecule has 3 nitrogen and oxygen atoms in total. The maximum atomic E-state index is 9.18. The van der Waals surface area contributed by atoms with Crippen molar-refractivity contribution in [1.29, 1.82) is 5.26 Å². The molecule has 0 amide bonds. The minimum absolute atomic E-state index is 0.134. The summed E-state index contributed by atoms with van der Waals surface area (Å²) in [6.07, 6.45) is 0. The number of nitrogens with one attached hydrogen (secondary N) is 1. The molecule has 0 spiro atoms. The quantitative estimate of drug-likeness (QED) is 0.837. The van der Waals surface area contributed by atoms with E-state index in [1.54, 1.807) is 0 Å². The Morgan fingerprint density at radius 3 is 2.61 bits per heavy atom. The average Bonchev–Trinajstić information content (AvgIpc) is 2.33. The molecule has 0 radical (unpaired) electrons. The van der Waals surface area contributed by atoms with Gasteiger partial charge in [0.2, 0.25) is 0 Å². The van der Waals surface area contributed by atoms with E-state index in [0.717, 1.165) is 6.54 Å². The van der Waals surface area contributed by atoms with E-state index in [1.165, 1.54) is 11.3 Å². The van der Waals surface area contributed by atoms with Crippen molar-refractivity contribution in [3.05, 3.63) is 29.8 Å². The van der Waals surface area contributed by atoms with Crippen molar-refractivity contribution in [1.82, 2.24) is 5.32 Å². The number of hydrogen-bond acceptors (Lipinski definition) is 3. The van der Waals surface area contributed by atoms with Crippen molar-refractivity contribution in [2.45, 2.75) is 39.8 Å². The van der Waals surface area contributed by atoms with Crippen LogP contribution in [0.5, 0.6) is 0 Å². The largest absolute Gasteiger partial charge is 0.369 e. The van der Waals surface area contributed by atoms with E-state index in [1.807, 2.05) is 0 Å². The summed E-state index contributed by atoms with van der Waals surface area (Å²) in [7, 11) is 0. The molecule has 0 aromatic heterocycles. The van der Waals surface area contributed by atoms with Crippen molar-refractivity contribution in [2.24, 2.45) is 0 Å². The number of anilines is 1. The maximum absolute atomic E-state index is 9.18. The number of nitriles is 1. The summed E-state index contributed by atoms with van der Waals surface area (Å²) in [6, 6.07) is 10.9. The molecule has 0 fully saturated rings. The van der Waals surface area contributed by atoms with Crippen molar-refractivity contribution in [3.8, 4) is 6.07 Å². The summed E-state index contributed by atoms with van der Waals surface area (Å²) in [4.78, 5) is 2.23. The highest BCUT2D eigenvalue weighted by atomic mass is 15.2. The Balaban J connectivity index is 2.75. The molecule has 98 valence electrons. The molecule has 1 aromatic rings. The molecule has 0 saturated heterocycles. The van der Waals surface area contributed by atoms with Gasteiger partial charge in [-0.25, -0.2) is 0 Å². The lowest BCUT2D eigenvalue weighted by molar-refractivity contribution is 0.523. The summed E-state index contributed by atoms with van der Waals surface area (Å²) in [6.45, 7) is 9.95. The number of aryl methyl sites for hydroxylation is 1. The third kappa shape index (κ3) is 4.38. The van der Waals surface area contributed by atoms with Gasteiger partial charge in [0.25, 0.3) is 0 Å². The van der Waals surface area contributed by atoms with E-state index in [0.29, 0.717) is 12.6 Å². The lowest BCUT2D eigenvalue weighted by atomic mass is 10.2. The van der Waals surface area contributed by atoms with Gasteiger partial charge in [0.15, 0.2) is 0 Å². The zero-order valence-electron chi connectivity index (χ0n) is 11.8. The SMILES string of the molecule is CCN(CC(C#N)NC(C)C)c1cccc(C)c1. The van der Waals surface area contributed by atoms with Gasteiger partial charge in [0, 0.05) is 24.8 Å². The normalized spacial score (nSPS) is 12.2. The van der Waals surface area contributed by atoms with Gasteiger partial charge in [0.05, 0.1) is 6.07 Å². The maximum Gasteiger partial charge on any atom is 0.113 e. The summed E-state index contributed by atoms with van der Waals surface area (Å²) in [5.41, 5.74) is 2.43. The van der Waals surface area contributed by atoms with Crippen LogP contribution in [0.2, 0.25) is 0 Å². The van der Waals surface area contributed by atoms with Crippen molar-refractivity contribution >= 4 is 5.69 Å². The van der Waals surface area contributed by atoms with Gasteiger partial charge in [-0.2, -0.15) is 5.26 Å². The first-order valence-corrected chi connectivity index (χ1v) is 6.54. The Morgan fingerprint density at radius 1 is 1.39 bits per heavy atom. The summed E-state index contributed by atoms with van der Waals surface area (Å²) in [5.74, 6) is 0. The molecule has 0 aliphatic rings. The number of benzene rings is 1. The zero-order chi connectivity index (χ0) is 13.5. The predicted molar refractivity (Wildman–Crippen MR) is 76.7 cm³/mol. The number of nitrogens with zero attached hydrogens (tertiary/aromatic N) is 2. The Kier molecular flexibility index (Phi) is 5.67. The molecule has 1 unspecified atom stereocenters. The molecule has 0 heterocycles. The highest BCUT2D eigenvalue weighted by Crippen LogP contribution is 2.15. The molecule has 0 aliphatic heterocycles. The minimum atomic E-state index is -0.134. The molecule has 0 saturated carbocycles. The average molecular weight is 245 g/mol. The van der Waals surface area contributed by atoms with E-state index in [2.05, 4.69) is 68.2 Å². The molecule has 18 heavy (non-hydrogen) atoms. The van der Waals surface area contributed by atoms with Crippen molar-refractivity contribution < 1.29 is 0 Å². The fourth-order valence-electron chi connectivity index (χ4n) is 2.00. The summed E-state index contributed by atoms with van der Waals surface area (Å²) in [5, 5.41) is 12.5. The molecule has 0 bridgehead atoms. The molecule has 0 aliphatic carbocycles. The monoisotopic (exact) mass is 245 g/mol. The van der Waals surface area contributed by atoms with Crippen LogP contribution in [0.15, 0.2) is 24.3 Å². The van der Waals surface area contributed by atoms with E-state index in [9.17, 15) is 5.26 Å². The third-order valence-electron chi connectivity index (χ3n) is 2.84. The van der Waals surface area contributed by atoms with Gasteiger partial charge in [-0.05, 0) is 45.4 Å². The van der Waals surface area contributed by atoms with Crippen LogP contribution in [0, 0.1) is 18.3 Å². The molecule has 1 aromatic carbocycles. The van der Waals surface area contributed by atoms with Gasteiger partial charge >= 0.3 is 0 Å². The lowest BCUT2D eigenvalue weighted by Crippen LogP contribution is -2.43. The van der Waals surface area contributed by atoms with Gasteiger partial charge in [-0.15, -0.1) is 0 Å². The fraction of sp³-hybridized carbons (Fsp3) is 0.533. The minimum Gasteiger partial charge on any atom is -0.369 e. The first-order chi connectivity index (χ1) is 8.56. The van der Waals surface area contributed by atoms with Crippen LogP contribution >= 0.6 is 0 Å². The number of likely N-dealkylation sites (N-methyl/N-ethyl adjacent to an activating group) is 1. The second-order valence-corrected chi connectivity index (χ2v) is 4.88. The first-order valence-electron chi connectivity index (χ1n) is 6.54. The lowest BCUT2D eigenvalue weighted by Gasteiger charge is -2.27. The second kappa shape index (κ2) is 7.03. The standard InChI is InChI=1S/C15H23N3/c1-5-18(11-14(10-16)17-12(2)3)15-8-6-7-13(4)9-15/h6-9,12,14,17H,5,11H2,1-4H3. The molecule has 1 atom stereocenters. The fourth-order valence-corrected chi connectivity index (χ4v) is 2.00. The van der Waals surface area contributed by atoms with E-state index in [4.69, 9.17) is 0 Å². The van der Waals surface area contributed by atoms with Gasteiger partial charge in [-0.1, -0.05) is 12.1 Å². The third-order valence-corrected chi connectivity index (χ3v) is 2.84. The smallest absolute Gasteiger partial charge is 0.113 e. The molecular formula is C15H23N3. The Morgan fingerprint density at radius 2 is 2.11 bits per heavy atom. The van der Waals surface area contributed by atoms with Gasteiger partial charge in [-0.3, -0.25) is 5.32 Å².